The van der Waals surface area contributed by atoms with E-state index in [1.807, 2.05) is 24.3 Å². The van der Waals surface area contributed by atoms with E-state index in [-0.39, 0.29) is 11.1 Å². The van der Waals surface area contributed by atoms with Crippen molar-refractivity contribution in [2.45, 2.75) is 52.6 Å². The van der Waals surface area contributed by atoms with Crippen molar-refractivity contribution in [3.63, 3.8) is 0 Å². The minimum atomic E-state index is 0.109. The van der Waals surface area contributed by atoms with E-state index in [0.29, 0.717) is 13.2 Å². The van der Waals surface area contributed by atoms with Crippen molar-refractivity contribution in [2.24, 2.45) is 0 Å². The van der Waals surface area contributed by atoms with Crippen LogP contribution in [0.5, 0.6) is 11.5 Å². The Morgan fingerprint density at radius 3 is 1.41 bits per heavy atom. The topological polar surface area (TPSA) is 42.5 Å². The first kappa shape index (κ1) is 18.8. The molecule has 0 amide bonds. The average Bonchev–Trinajstić information content (AvgIpc) is 2.39. The summed E-state index contributed by atoms with van der Waals surface area (Å²) in [5.41, 5.74) is 0.218. The van der Waals surface area contributed by atoms with Crippen LogP contribution in [0.2, 0.25) is 0 Å². The maximum Gasteiger partial charge on any atom is 0.161 e. The summed E-state index contributed by atoms with van der Waals surface area (Å²) < 4.78 is 11.6. The zero-order valence-electron chi connectivity index (χ0n) is 15.0. The molecule has 0 atom stereocenters. The third kappa shape index (κ3) is 8.90. The van der Waals surface area contributed by atoms with Gasteiger partial charge in [0.05, 0.1) is 0 Å². The van der Waals surface area contributed by atoms with Gasteiger partial charge in [0.1, 0.15) is 13.2 Å². The van der Waals surface area contributed by atoms with Crippen LogP contribution in [0.15, 0.2) is 24.3 Å². The summed E-state index contributed by atoms with van der Waals surface area (Å²) >= 11 is 0. The van der Waals surface area contributed by atoms with Crippen molar-refractivity contribution < 1.29 is 9.47 Å². The van der Waals surface area contributed by atoms with Gasteiger partial charge >= 0.3 is 0 Å². The van der Waals surface area contributed by atoms with E-state index in [2.05, 4.69) is 52.2 Å². The lowest BCUT2D eigenvalue weighted by Crippen LogP contribution is -2.38. The first-order chi connectivity index (χ1) is 10.2. The van der Waals surface area contributed by atoms with Gasteiger partial charge in [0.25, 0.3) is 0 Å². The summed E-state index contributed by atoms with van der Waals surface area (Å²) in [7, 11) is 0. The van der Waals surface area contributed by atoms with E-state index in [1.54, 1.807) is 0 Å². The highest BCUT2D eigenvalue weighted by atomic mass is 16.5. The molecule has 0 aliphatic heterocycles. The highest BCUT2D eigenvalue weighted by Crippen LogP contribution is 2.26. The molecule has 0 radical (unpaired) electrons. The maximum absolute atomic E-state index is 5.82. The number of rotatable bonds is 8. The molecule has 0 spiro atoms. The van der Waals surface area contributed by atoms with E-state index < -0.39 is 0 Å². The predicted molar refractivity (Wildman–Crippen MR) is 92.9 cm³/mol. The van der Waals surface area contributed by atoms with Crippen molar-refractivity contribution in [2.75, 3.05) is 26.3 Å². The van der Waals surface area contributed by atoms with Crippen LogP contribution in [0.3, 0.4) is 0 Å². The molecule has 2 N–H and O–H groups in total. The Hall–Kier alpha value is -1.26. The summed E-state index contributed by atoms with van der Waals surface area (Å²) in [5.74, 6) is 1.60. The Balaban J connectivity index is 2.38. The van der Waals surface area contributed by atoms with Crippen LogP contribution in [0, 0.1) is 0 Å². The molecule has 0 saturated carbocycles. The average molecular weight is 308 g/mol. The smallest absolute Gasteiger partial charge is 0.161 e. The fourth-order valence-electron chi connectivity index (χ4n) is 1.86. The van der Waals surface area contributed by atoms with Crippen LogP contribution in [-0.2, 0) is 0 Å². The fourth-order valence-corrected chi connectivity index (χ4v) is 1.86. The number of para-hydroxylation sites is 2. The first-order valence-corrected chi connectivity index (χ1v) is 8.02. The van der Waals surface area contributed by atoms with Gasteiger partial charge < -0.3 is 20.1 Å². The van der Waals surface area contributed by atoms with E-state index >= 15 is 0 Å². The number of benzene rings is 1. The van der Waals surface area contributed by atoms with Gasteiger partial charge in [-0.1, -0.05) is 12.1 Å². The lowest BCUT2D eigenvalue weighted by atomic mass is 10.1. The number of hydrogen-bond donors (Lipinski definition) is 2. The predicted octanol–water partition coefficient (Wildman–Crippen LogP) is 3.22. The molecule has 0 aliphatic rings. The molecule has 0 aliphatic carbocycles. The fraction of sp³-hybridized carbons (Fsp3) is 0.667. The summed E-state index contributed by atoms with van der Waals surface area (Å²) in [6.45, 7) is 15.7. The molecule has 0 heterocycles. The molecular weight excluding hydrogens is 276 g/mol. The third-order valence-electron chi connectivity index (χ3n) is 2.88. The third-order valence-corrected chi connectivity index (χ3v) is 2.88. The largest absolute Gasteiger partial charge is 0.488 e. The molecule has 4 nitrogen and oxygen atoms in total. The maximum atomic E-state index is 5.82. The molecule has 4 heteroatoms. The molecule has 1 aromatic rings. The van der Waals surface area contributed by atoms with Crippen molar-refractivity contribution >= 4 is 0 Å². The molecule has 22 heavy (non-hydrogen) atoms. The highest BCUT2D eigenvalue weighted by Gasteiger charge is 2.10. The number of ether oxygens (including phenoxy) is 2. The second-order valence-corrected chi connectivity index (χ2v) is 7.50. The van der Waals surface area contributed by atoms with Gasteiger partial charge in [-0.15, -0.1) is 0 Å². The molecule has 0 unspecified atom stereocenters. The minimum Gasteiger partial charge on any atom is -0.488 e. The molecule has 0 saturated heterocycles. The molecular formula is C18H32N2O2. The summed E-state index contributed by atoms with van der Waals surface area (Å²) in [6, 6.07) is 7.83. The van der Waals surface area contributed by atoms with Crippen LogP contribution in [0.25, 0.3) is 0 Å². The Morgan fingerprint density at radius 2 is 1.09 bits per heavy atom. The van der Waals surface area contributed by atoms with Crippen molar-refractivity contribution in [1.82, 2.24) is 10.6 Å². The molecule has 0 fully saturated rings. The van der Waals surface area contributed by atoms with Crippen molar-refractivity contribution in [1.29, 1.82) is 0 Å². The van der Waals surface area contributed by atoms with E-state index in [0.717, 1.165) is 24.6 Å². The molecule has 0 bridgehead atoms. The Morgan fingerprint density at radius 1 is 0.727 bits per heavy atom. The minimum absolute atomic E-state index is 0.109. The number of nitrogens with one attached hydrogen (secondary N) is 2. The molecule has 1 rings (SSSR count). The normalized spacial score (nSPS) is 12.3. The van der Waals surface area contributed by atoms with Gasteiger partial charge in [-0.25, -0.2) is 0 Å². The van der Waals surface area contributed by atoms with Crippen LogP contribution < -0.4 is 20.1 Å². The quantitative estimate of drug-likeness (QED) is 0.724. The van der Waals surface area contributed by atoms with Gasteiger partial charge in [-0.05, 0) is 53.7 Å². The molecule has 1 aromatic carbocycles. The van der Waals surface area contributed by atoms with Gasteiger partial charge in [0.15, 0.2) is 11.5 Å². The monoisotopic (exact) mass is 308 g/mol. The summed E-state index contributed by atoms with van der Waals surface area (Å²) in [5, 5.41) is 6.81. The Bertz CT molecular complexity index is 392. The zero-order valence-corrected chi connectivity index (χ0v) is 15.0. The second kappa shape index (κ2) is 8.39. The first-order valence-electron chi connectivity index (χ1n) is 8.02. The van der Waals surface area contributed by atoms with Crippen LogP contribution >= 0.6 is 0 Å². The molecule has 126 valence electrons. The SMILES string of the molecule is CC(C)(C)NCCOc1ccccc1OCCNC(C)(C)C. The van der Waals surface area contributed by atoms with E-state index in [9.17, 15) is 0 Å². The van der Waals surface area contributed by atoms with E-state index in [1.165, 1.54) is 0 Å². The van der Waals surface area contributed by atoms with Crippen LogP contribution in [0.1, 0.15) is 41.5 Å². The van der Waals surface area contributed by atoms with Crippen LogP contribution in [0.4, 0.5) is 0 Å². The summed E-state index contributed by atoms with van der Waals surface area (Å²) in [6.07, 6.45) is 0. The van der Waals surface area contributed by atoms with Gasteiger partial charge in [0.2, 0.25) is 0 Å². The van der Waals surface area contributed by atoms with E-state index in [4.69, 9.17) is 9.47 Å². The lowest BCUT2D eigenvalue weighted by molar-refractivity contribution is 0.252. The second-order valence-electron chi connectivity index (χ2n) is 7.50. The summed E-state index contributed by atoms with van der Waals surface area (Å²) in [4.78, 5) is 0. The Labute approximate surface area is 135 Å². The van der Waals surface area contributed by atoms with Crippen LogP contribution in [-0.4, -0.2) is 37.4 Å². The van der Waals surface area contributed by atoms with Gasteiger partial charge in [0, 0.05) is 24.2 Å². The van der Waals surface area contributed by atoms with Crippen molar-refractivity contribution in [3.05, 3.63) is 24.3 Å². The highest BCUT2D eigenvalue weighted by molar-refractivity contribution is 5.39. The number of hydrogen-bond acceptors (Lipinski definition) is 4. The lowest BCUT2D eigenvalue weighted by Gasteiger charge is -2.21. The zero-order chi connectivity index (χ0) is 16.6. The Kier molecular flexibility index (Phi) is 7.17. The van der Waals surface area contributed by atoms with Gasteiger partial charge in [-0.3, -0.25) is 0 Å². The van der Waals surface area contributed by atoms with Gasteiger partial charge in [-0.2, -0.15) is 0 Å². The van der Waals surface area contributed by atoms with Crippen molar-refractivity contribution in [3.8, 4) is 11.5 Å². The molecule has 0 aromatic heterocycles. The standard InChI is InChI=1S/C18H32N2O2/c1-17(2,3)19-11-13-21-15-9-7-8-10-16(15)22-14-12-20-18(4,5)6/h7-10,19-20H,11-14H2,1-6H3.